The second kappa shape index (κ2) is 7.65. The summed E-state index contributed by atoms with van der Waals surface area (Å²) >= 11 is 0. The van der Waals surface area contributed by atoms with E-state index in [4.69, 9.17) is 0 Å². The van der Waals surface area contributed by atoms with Crippen LogP contribution in [0, 0.1) is 12.7 Å². The van der Waals surface area contributed by atoms with Gasteiger partial charge in [-0.25, -0.2) is 9.38 Å². The number of anilines is 1. The van der Waals surface area contributed by atoms with Gasteiger partial charge in [0.05, 0.1) is 11.3 Å². The molecule has 150 valence electrons. The van der Waals surface area contributed by atoms with Crippen LogP contribution < -0.4 is 4.90 Å². The minimum Gasteiger partial charge on any atom is -0.266 e. The van der Waals surface area contributed by atoms with Crippen molar-refractivity contribution in [3.05, 3.63) is 119 Å². The van der Waals surface area contributed by atoms with Crippen LogP contribution >= 0.6 is 0 Å². The summed E-state index contributed by atoms with van der Waals surface area (Å²) in [4.78, 5) is 19.5. The van der Waals surface area contributed by atoms with Gasteiger partial charge in [-0.2, -0.15) is 0 Å². The van der Waals surface area contributed by atoms with Gasteiger partial charge in [0.15, 0.2) is 5.84 Å². The van der Waals surface area contributed by atoms with Crippen LogP contribution in [0.3, 0.4) is 0 Å². The Kier molecular flexibility index (Phi) is 4.68. The minimum absolute atomic E-state index is 0.273. The number of rotatable bonds is 3. The third-order valence-corrected chi connectivity index (χ3v) is 5.38. The van der Waals surface area contributed by atoms with Crippen LogP contribution in [0.5, 0.6) is 0 Å². The molecule has 0 spiro atoms. The lowest BCUT2D eigenvalue weighted by molar-refractivity contribution is -0.113. The molecular weight excluding hydrogens is 387 g/mol. The number of benzene rings is 4. The highest BCUT2D eigenvalue weighted by Crippen LogP contribution is 2.30. The number of amidine groups is 1. The van der Waals surface area contributed by atoms with Crippen molar-refractivity contribution in [1.82, 2.24) is 0 Å². The summed E-state index contributed by atoms with van der Waals surface area (Å²) in [5, 5.41) is 2.11. The van der Waals surface area contributed by atoms with Gasteiger partial charge in [-0.1, -0.05) is 72.3 Å². The van der Waals surface area contributed by atoms with Crippen molar-refractivity contribution in [2.45, 2.75) is 6.92 Å². The molecule has 0 saturated heterocycles. The Morgan fingerprint density at radius 3 is 2.35 bits per heavy atom. The first kappa shape index (κ1) is 18.9. The van der Waals surface area contributed by atoms with E-state index in [9.17, 15) is 9.18 Å². The van der Waals surface area contributed by atoms with E-state index in [1.165, 1.54) is 11.0 Å². The summed E-state index contributed by atoms with van der Waals surface area (Å²) in [6.07, 6.45) is 1.78. The van der Waals surface area contributed by atoms with Gasteiger partial charge in [0.2, 0.25) is 0 Å². The number of hydrogen-bond acceptors (Lipinski definition) is 2. The van der Waals surface area contributed by atoms with Crippen molar-refractivity contribution in [3.63, 3.8) is 0 Å². The van der Waals surface area contributed by atoms with E-state index in [1.54, 1.807) is 24.3 Å². The van der Waals surface area contributed by atoms with Gasteiger partial charge in [0.1, 0.15) is 11.5 Å². The molecule has 31 heavy (non-hydrogen) atoms. The van der Waals surface area contributed by atoms with Gasteiger partial charge in [0.25, 0.3) is 5.91 Å². The fraction of sp³-hybridized carbons (Fsp3) is 0.0370. The Hall–Kier alpha value is -4.05. The molecule has 0 bridgehead atoms. The van der Waals surface area contributed by atoms with Crippen molar-refractivity contribution < 1.29 is 9.18 Å². The van der Waals surface area contributed by atoms with Gasteiger partial charge >= 0.3 is 0 Å². The summed E-state index contributed by atoms with van der Waals surface area (Å²) < 4.78 is 14.6. The minimum atomic E-state index is -0.419. The lowest BCUT2D eigenvalue weighted by atomic mass is 10.0. The number of aryl methyl sites for hydroxylation is 1. The Morgan fingerprint density at radius 2 is 1.55 bits per heavy atom. The Balaban J connectivity index is 1.68. The number of amides is 1. The molecule has 0 radical (unpaired) electrons. The number of halogens is 1. The van der Waals surface area contributed by atoms with E-state index < -0.39 is 5.82 Å². The molecule has 0 unspecified atom stereocenters. The molecule has 4 aromatic carbocycles. The number of carbonyl (C=O) groups excluding carboxylic acids is 1. The molecule has 0 N–H and O–H groups in total. The molecule has 0 saturated carbocycles. The first-order chi connectivity index (χ1) is 15.1. The number of nitrogens with zero attached hydrogens (tertiary/aromatic N) is 2. The van der Waals surface area contributed by atoms with Gasteiger partial charge in [0, 0.05) is 0 Å². The smallest absolute Gasteiger partial charge is 0.266 e. The molecule has 4 heteroatoms. The first-order valence-electron chi connectivity index (χ1n) is 10.1. The van der Waals surface area contributed by atoms with Gasteiger partial charge in [-0.15, -0.1) is 0 Å². The lowest BCUT2D eigenvalue weighted by Crippen LogP contribution is -2.33. The Labute approximate surface area is 179 Å². The topological polar surface area (TPSA) is 32.7 Å². The molecule has 1 heterocycles. The highest BCUT2D eigenvalue weighted by atomic mass is 19.1. The van der Waals surface area contributed by atoms with Crippen LogP contribution in [-0.2, 0) is 4.79 Å². The molecule has 3 nitrogen and oxygen atoms in total. The summed E-state index contributed by atoms with van der Waals surface area (Å²) in [6.45, 7) is 1.98. The third kappa shape index (κ3) is 3.42. The van der Waals surface area contributed by atoms with Gasteiger partial charge < -0.3 is 0 Å². The Morgan fingerprint density at radius 1 is 0.839 bits per heavy atom. The van der Waals surface area contributed by atoms with Crippen LogP contribution in [0.4, 0.5) is 10.1 Å². The molecule has 1 aliphatic rings. The standard InChI is InChI=1S/C27H19FN2O/c1-18-13-15-21(16-14-18)30-26(23-11-4-5-12-24(23)28)29-25(27(30)31)17-20-9-6-8-19-7-2-3-10-22(19)20/h2-17H,1H3/b25-17+. The molecule has 5 rings (SSSR count). The molecule has 0 fully saturated rings. The maximum absolute atomic E-state index is 14.6. The van der Waals surface area contributed by atoms with Crippen molar-refractivity contribution in [3.8, 4) is 0 Å². The van der Waals surface area contributed by atoms with E-state index in [0.29, 0.717) is 11.5 Å². The second-order valence-electron chi connectivity index (χ2n) is 7.49. The number of aliphatic imine (C=N–C) groups is 1. The molecule has 4 aromatic rings. The van der Waals surface area contributed by atoms with Crippen LogP contribution in [0.15, 0.2) is 102 Å². The summed E-state index contributed by atoms with van der Waals surface area (Å²) in [5.41, 5.74) is 3.18. The zero-order valence-corrected chi connectivity index (χ0v) is 16.9. The van der Waals surface area contributed by atoms with E-state index in [0.717, 1.165) is 21.9 Å². The quantitative estimate of drug-likeness (QED) is 0.377. The van der Waals surface area contributed by atoms with Gasteiger partial charge in [-0.05, 0) is 53.6 Å². The molecular formula is C27H19FN2O. The monoisotopic (exact) mass is 406 g/mol. The lowest BCUT2D eigenvalue weighted by Gasteiger charge is -2.19. The maximum atomic E-state index is 14.6. The normalized spacial score (nSPS) is 15.0. The average Bonchev–Trinajstić information content (AvgIpc) is 3.11. The fourth-order valence-electron chi connectivity index (χ4n) is 3.80. The molecule has 1 amide bonds. The van der Waals surface area contributed by atoms with Crippen LogP contribution in [-0.4, -0.2) is 11.7 Å². The van der Waals surface area contributed by atoms with Crippen molar-refractivity contribution in [2.75, 3.05) is 4.90 Å². The van der Waals surface area contributed by atoms with E-state index in [1.807, 2.05) is 73.7 Å². The summed E-state index contributed by atoms with van der Waals surface area (Å²) in [7, 11) is 0. The average molecular weight is 406 g/mol. The van der Waals surface area contributed by atoms with Crippen molar-refractivity contribution in [1.29, 1.82) is 0 Å². The summed E-state index contributed by atoms with van der Waals surface area (Å²) in [6, 6.07) is 27.9. The molecule has 0 atom stereocenters. The van der Waals surface area contributed by atoms with Crippen LogP contribution in [0.25, 0.3) is 16.8 Å². The zero-order valence-electron chi connectivity index (χ0n) is 16.9. The maximum Gasteiger partial charge on any atom is 0.282 e. The van der Waals surface area contributed by atoms with Crippen molar-refractivity contribution in [2.24, 2.45) is 4.99 Å². The van der Waals surface area contributed by atoms with Crippen LogP contribution in [0.2, 0.25) is 0 Å². The van der Waals surface area contributed by atoms with Crippen molar-refractivity contribution >= 4 is 34.3 Å². The van der Waals surface area contributed by atoms with Crippen LogP contribution in [0.1, 0.15) is 16.7 Å². The molecule has 0 aromatic heterocycles. The van der Waals surface area contributed by atoms with E-state index in [-0.39, 0.29) is 17.2 Å². The largest absolute Gasteiger partial charge is 0.282 e. The predicted molar refractivity (Wildman–Crippen MR) is 124 cm³/mol. The number of carbonyl (C=O) groups is 1. The SMILES string of the molecule is Cc1ccc(N2C(=O)/C(=C\c3cccc4ccccc34)N=C2c2ccccc2F)cc1. The van der Waals surface area contributed by atoms with Gasteiger partial charge in [-0.3, -0.25) is 9.69 Å². The Bertz CT molecular complexity index is 1360. The highest BCUT2D eigenvalue weighted by molar-refractivity contribution is 6.33. The van der Waals surface area contributed by atoms with E-state index >= 15 is 0 Å². The third-order valence-electron chi connectivity index (χ3n) is 5.38. The zero-order chi connectivity index (χ0) is 21.4. The number of fused-ring (bicyclic) bond motifs is 1. The van der Waals surface area contributed by atoms with E-state index in [2.05, 4.69) is 4.99 Å². The molecule has 0 aliphatic carbocycles. The second-order valence-corrected chi connectivity index (χ2v) is 7.49. The molecule has 1 aliphatic heterocycles. The number of hydrogen-bond donors (Lipinski definition) is 0. The highest BCUT2D eigenvalue weighted by Gasteiger charge is 2.33. The summed E-state index contributed by atoms with van der Waals surface area (Å²) in [5.74, 6) is -0.411. The fourth-order valence-corrected chi connectivity index (χ4v) is 3.80. The predicted octanol–water partition coefficient (Wildman–Crippen LogP) is 6.12. The first-order valence-corrected chi connectivity index (χ1v) is 10.1.